The van der Waals surface area contributed by atoms with Crippen molar-refractivity contribution in [2.45, 2.75) is 70.8 Å². The van der Waals surface area contributed by atoms with Gasteiger partial charge >= 0.3 is 16.2 Å². The van der Waals surface area contributed by atoms with E-state index in [1.54, 1.807) is 27.1 Å². The number of carbonyl (C=O) groups excluding carboxylic acids is 1. The summed E-state index contributed by atoms with van der Waals surface area (Å²) in [6, 6.07) is 1.14. The molecule has 1 heterocycles. The van der Waals surface area contributed by atoms with Crippen molar-refractivity contribution < 1.29 is 18.3 Å². The Hall–Kier alpha value is -2.59. The molecule has 0 radical (unpaired) electrons. The third-order valence-corrected chi connectivity index (χ3v) is 7.52. The van der Waals surface area contributed by atoms with Crippen LogP contribution >= 0.6 is 0 Å². The normalized spacial score (nSPS) is 15.5. The summed E-state index contributed by atoms with van der Waals surface area (Å²) in [6.07, 6.45) is 7.37. The Morgan fingerprint density at radius 3 is 2.34 bits per heavy atom. The highest BCUT2D eigenvalue weighted by Crippen LogP contribution is 2.41. The number of fused-ring (bicyclic) bond motifs is 2. The molecule has 2 aliphatic rings. The lowest BCUT2D eigenvalue weighted by Crippen LogP contribution is -2.45. The van der Waals surface area contributed by atoms with E-state index in [4.69, 9.17) is 5.73 Å². The number of carbonyl (C=O) groups is 1. The number of benzene rings is 1. The van der Waals surface area contributed by atoms with Crippen molar-refractivity contribution in [2.24, 2.45) is 12.8 Å². The van der Waals surface area contributed by atoms with Crippen molar-refractivity contribution in [3.63, 3.8) is 0 Å². The number of nitrogens with zero attached hydrogens (tertiary/aromatic N) is 3. The van der Waals surface area contributed by atoms with Crippen molar-refractivity contribution in [1.82, 2.24) is 9.78 Å². The number of hydrogen-bond acceptors (Lipinski definition) is 5. The molecule has 0 spiro atoms. The van der Waals surface area contributed by atoms with Gasteiger partial charge in [0.05, 0.1) is 22.7 Å². The van der Waals surface area contributed by atoms with Crippen molar-refractivity contribution >= 4 is 27.6 Å². The largest absolute Gasteiger partial charge is 0.390 e. The molecular weight excluding hydrogens is 430 g/mol. The summed E-state index contributed by atoms with van der Waals surface area (Å²) in [5.41, 5.74) is 9.98. The quantitative estimate of drug-likeness (QED) is 0.583. The minimum Gasteiger partial charge on any atom is -0.390 e. The van der Waals surface area contributed by atoms with Gasteiger partial charge in [0, 0.05) is 13.2 Å². The van der Waals surface area contributed by atoms with Gasteiger partial charge < -0.3 is 10.8 Å². The highest BCUT2D eigenvalue weighted by atomic mass is 32.2. The second kappa shape index (κ2) is 8.08. The molecule has 174 valence electrons. The van der Waals surface area contributed by atoms with E-state index in [1.165, 1.54) is 4.68 Å². The predicted octanol–water partition coefficient (Wildman–Crippen LogP) is 2.34. The minimum absolute atomic E-state index is 0.271. The first-order chi connectivity index (χ1) is 15.0. The molecule has 2 amide bonds. The Morgan fingerprint density at radius 1 is 1.22 bits per heavy atom. The fourth-order valence-electron chi connectivity index (χ4n) is 4.79. The van der Waals surface area contributed by atoms with E-state index in [2.05, 4.69) is 15.9 Å². The van der Waals surface area contributed by atoms with Crippen LogP contribution in [0.15, 0.2) is 12.3 Å². The van der Waals surface area contributed by atoms with Gasteiger partial charge in [-0.25, -0.2) is 4.79 Å². The molecule has 0 fully saturated rings. The van der Waals surface area contributed by atoms with Crippen LogP contribution in [-0.4, -0.2) is 34.9 Å². The average Bonchev–Trinajstić information content (AvgIpc) is 3.38. The molecule has 9 nitrogen and oxygen atoms in total. The Bertz CT molecular complexity index is 1130. The maximum absolute atomic E-state index is 13.5. The molecule has 1 aromatic heterocycles. The van der Waals surface area contributed by atoms with Crippen LogP contribution in [0.5, 0.6) is 0 Å². The molecule has 1 aromatic carbocycles. The number of urea groups is 1. The molecular formula is C22H31N5O4S. The van der Waals surface area contributed by atoms with Gasteiger partial charge in [0.15, 0.2) is 0 Å². The molecule has 0 saturated carbocycles. The Labute approximate surface area is 188 Å². The second-order valence-electron chi connectivity index (χ2n) is 9.39. The van der Waals surface area contributed by atoms with Gasteiger partial charge in [0.1, 0.15) is 0 Å². The number of aliphatic hydroxyl groups is 1. The standard InChI is InChI=1S/C22H31N5O4S/c1-22(2,29)11-10-18-19(13-26(3)24-18)25-32(30,31)27(21(23)28)20-16-8-4-6-14(16)12-15-7-5-9-17(15)20/h12-13,25,29H,4-11H2,1-3H3,(H2,23,28). The third kappa shape index (κ3) is 4.33. The first kappa shape index (κ1) is 22.6. The van der Waals surface area contributed by atoms with E-state index in [9.17, 15) is 18.3 Å². The number of anilines is 2. The van der Waals surface area contributed by atoms with Gasteiger partial charge in [-0.05, 0) is 87.5 Å². The maximum Gasteiger partial charge on any atom is 0.334 e. The summed E-state index contributed by atoms with van der Waals surface area (Å²) in [4.78, 5) is 12.6. The van der Waals surface area contributed by atoms with Crippen LogP contribution < -0.4 is 14.8 Å². The van der Waals surface area contributed by atoms with E-state index >= 15 is 0 Å². The lowest BCUT2D eigenvalue weighted by Gasteiger charge is -2.26. The van der Waals surface area contributed by atoms with Crippen molar-refractivity contribution in [3.05, 3.63) is 40.2 Å². The van der Waals surface area contributed by atoms with Gasteiger partial charge in [-0.1, -0.05) is 6.07 Å². The summed E-state index contributed by atoms with van der Waals surface area (Å²) in [5.74, 6) is 0. The fourth-order valence-corrected chi connectivity index (χ4v) is 6.03. The molecule has 4 N–H and O–H groups in total. The zero-order valence-corrected chi connectivity index (χ0v) is 19.6. The minimum atomic E-state index is -4.34. The lowest BCUT2D eigenvalue weighted by atomic mass is 9.99. The van der Waals surface area contributed by atoms with Crippen LogP contribution in [0.2, 0.25) is 0 Å². The molecule has 0 saturated heterocycles. The van der Waals surface area contributed by atoms with Gasteiger partial charge in [0.2, 0.25) is 0 Å². The monoisotopic (exact) mass is 461 g/mol. The van der Waals surface area contributed by atoms with Crippen LogP contribution in [0.1, 0.15) is 61.1 Å². The van der Waals surface area contributed by atoms with Crippen molar-refractivity contribution in [1.29, 1.82) is 0 Å². The van der Waals surface area contributed by atoms with E-state index in [1.807, 2.05) is 0 Å². The number of hydrogen-bond donors (Lipinski definition) is 3. The van der Waals surface area contributed by atoms with Crippen LogP contribution in [-0.2, 0) is 49.4 Å². The number of primary amides is 1. The zero-order chi connectivity index (χ0) is 23.3. The molecule has 0 bridgehead atoms. The van der Waals surface area contributed by atoms with E-state index < -0.39 is 21.8 Å². The third-order valence-electron chi connectivity index (χ3n) is 6.20. The Kier molecular flexibility index (Phi) is 5.70. The Morgan fingerprint density at radius 2 is 1.81 bits per heavy atom. The topological polar surface area (TPSA) is 131 Å². The number of aryl methyl sites for hydroxylation is 4. The van der Waals surface area contributed by atoms with Gasteiger partial charge in [0.25, 0.3) is 0 Å². The zero-order valence-electron chi connectivity index (χ0n) is 18.8. The molecule has 0 atom stereocenters. The average molecular weight is 462 g/mol. The number of aromatic nitrogens is 2. The Balaban J connectivity index is 1.74. The van der Waals surface area contributed by atoms with Crippen molar-refractivity contribution in [2.75, 3.05) is 9.03 Å². The van der Waals surface area contributed by atoms with Crippen molar-refractivity contribution in [3.8, 4) is 0 Å². The van der Waals surface area contributed by atoms with E-state index in [0.29, 0.717) is 24.2 Å². The van der Waals surface area contributed by atoms with Crippen LogP contribution in [0.4, 0.5) is 16.2 Å². The number of rotatable bonds is 7. The van der Waals surface area contributed by atoms with Crippen LogP contribution in [0.25, 0.3) is 0 Å². The lowest BCUT2D eigenvalue weighted by molar-refractivity contribution is 0.0711. The van der Waals surface area contributed by atoms with Crippen LogP contribution in [0.3, 0.4) is 0 Å². The van der Waals surface area contributed by atoms with Crippen LogP contribution in [0, 0.1) is 0 Å². The fraction of sp³-hybridized carbons (Fsp3) is 0.545. The highest BCUT2D eigenvalue weighted by molar-refractivity contribution is 7.94. The second-order valence-corrected chi connectivity index (χ2v) is 10.9. The van der Waals surface area contributed by atoms with Gasteiger partial charge in [-0.2, -0.15) is 17.8 Å². The predicted molar refractivity (Wildman–Crippen MR) is 123 cm³/mol. The number of nitrogens with one attached hydrogen (secondary N) is 1. The maximum atomic E-state index is 13.5. The van der Waals surface area contributed by atoms with E-state index in [-0.39, 0.29) is 5.69 Å². The summed E-state index contributed by atoms with van der Waals surface area (Å²) in [7, 11) is -2.65. The molecule has 4 rings (SSSR count). The smallest absolute Gasteiger partial charge is 0.334 e. The number of amides is 2. The summed E-state index contributed by atoms with van der Waals surface area (Å²) < 4.78 is 31.9. The summed E-state index contributed by atoms with van der Waals surface area (Å²) in [5, 5.41) is 14.4. The highest BCUT2D eigenvalue weighted by Gasteiger charge is 2.36. The first-order valence-corrected chi connectivity index (χ1v) is 12.4. The molecule has 0 aliphatic heterocycles. The summed E-state index contributed by atoms with van der Waals surface area (Å²) in [6.45, 7) is 3.37. The first-order valence-electron chi connectivity index (χ1n) is 11.0. The van der Waals surface area contributed by atoms with E-state index in [0.717, 1.165) is 65.1 Å². The molecule has 10 heteroatoms. The molecule has 2 aliphatic carbocycles. The summed E-state index contributed by atoms with van der Waals surface area (Å²) >= 11 is 0. The number of nitrogens with two attached hydrogens (primary N) is 1. The SMILES string of the molecule is Cn1cc(NS(=O)(=O)N(C(N)=O)c2c3c(cc4c2CCC4)CCC3)c(CCC(C)(C)O)n1. The van der Waals surface area contributed by atoms with Gasteiger partial charge in [-0.3, -0.25) is 9.40 Å². The molecule has 0 unspecified atom stereocenters. The molecule has 2 aromatic rings. The van der Waals surface area contributed by atoms with Gasteiger partial charge in [-0.15, -0.1) is 0 Å². The molecule has 32 heavy (non-hydrogen) atoms.